The molecular formula is C11H22N2O. The van der Waals surface area contributed by atoms with Crippen LogP contribution in [0.2, 0.25) is 0 Å². The number of likely N-dealkylation sites (N-methyl/N-ethyl adjacent to an activating group) is 1. The Hall–Kier alpha value is -0.830. The van der Waals surface area contributed by atoms with Crippen LogP contribution in [0.15, 0.2) is 11.6 Å². The SMILES string of the molecule is CCN(CC)CCNC(=O)C=C(C)C. The minimum Gasteiger partial charge on any atom is -0.351 e. The van der Waals surface area contributed by atoms with Gasteiger partial charge in [0.1, 0.15) is 0 Å². The van der Waals surface area contributed by atoms with Crippen molar-refractivity contribution in [1.82, 2.24) is 10.2 Å². The molecule has 0 unspecified atom stereocenters. The smallest absolute Gasteiger partial charge is 0.243 e. The van der Waals surface area contributed by atoms with E-state index in [0.29, 0.717) is 0 Å². The first-order valence-corrected chi connectivity index (χ1v) is 5.25. The average molecular weight is 198 g/mol. The van der Waals surface area contributed by atoms with Crippen molar-refractivity contribution >= 4 is 5.91 Å². The number of amides is 1. The molecule has 1 N–H and O–H groups in total. The fraction of sp³-hybridized carbons (Fsp3) is 0.727. The summed E-state index contributed by atoms with van der Waals surface area (Å²) < 4.78 is 0. The van der Waals surface area contributed by atoms with E-state index in [-0.39, 0.29) is 5.91 Å². The van der Waals surface area contributed by atoms with Crippen molar-refractivity contribution in [3.63, 3.8) is 0 Å². The molecule has 0 fully saturated rings. The summed E-state index contributed by atoms with van der Waals surface area (Å²) in [6.07, 6.45) is 1.63. The zero-order chi connectivity index (χ0) is 11.0. The van der Waals surface area contributed by atoms with E-state index in [0.717, 1.165) is 31.8 Å². The van der Waals surface area contributed by atoms with Crippen molar-refractivity contribution in [3.05, 3.63) is 11.6 Å². The third kappa shape index (κ3) is 6.66. The van der Waals surface area contributed by atoms with Gasteiger partial charge < -0.3 is 10.2 Å². The monoisotopic (exact) mass is 198 g/mol. The van der Waals surface area contributed by atoms with Crippen molar-refractivity contribution in [2.24, 2.45) is 0 Å². The number of carbonyl (C=O) groups is 1. The molecule has 0 heterocycles. The lowest BCUT2D eigenvalue weighted by Crippen LogP contribution is -2.34. The molecule has 0 bridgehead atoms. The summed E-state index contributed by atoms with van der Waals surface area (Å²) in [4.78, 5) is 13.5. The number of hydrogen-bond acceptors (Lipinski definition) is 2. The average Bonchev–Trinajstić information content (AvgIpc) is 2.11. The number of rotatable bonds is 6. The lowest BCUT2D eigenvalue weighted by atomic mass is 10.3. The van der Waals surface area contributed by atoms with Gasteiger partial charge in [-0.05, 0) is 26.9 Å². The molecule has 82 valence electrons. The van der Waals surface area contributed by atoms with E-state index < -0.39 is 0 Å². The molecule has 3 heteroatoms. The molecule has 0 aromatic carbocycles. The molecule has 0 saturated heterocycles. The molecule has 0 aliphatic heterocycles. The van der Waals surface area contributed by atoms with Crippen molar-refractivity contribution in [2.45, 2.75) is 27.7 Å². The highest BCUT2D eigenvalue weighted by atomic mass is 16.1. The first-order valence-electron chi connectivity index (χ1n) is 5.25. The van der Waals surface area contributed by atoms with E-state index in [2.05, 4.69) is 24.1 Å². The Kier molecular flexibility index (Phi) is 7.11. The highest BCUT2D eigenvalue weighted by molar-refractivity contribution is 5.87. The van der Waals surface area contributed by atoms with Gasteiger partial charge >= 0.3 is 0 Å². The maximum atomic E-state index is 11.2. The number of nitrogens with one attached hydrogen (secondary N) is 1. The predicted molar refractivity (Wildman–Crippen MR) is 60.2 cm³/mol. The summed E-state index contributed by atoms with van der Waals surface area (Å²) in [6, 6.07) is 0. The predicted octanol–water partition coefficient (Wildman–Crippen LogP) is 1.41. The minimum atomic E-state index is 0.0113. The third-order valence-corrected chi connectivity index (χ3v) is 2.04. The zero-order valence-corrected chi connectivity index (χ0v) is 9.76. The first kappa shape index (κ1) is 13.2. The van der Waals surface area contributed by atoms with Crippen LogP contribution in [0.4, 0.5) is 0 Å². The van der Waals surface area contributed by atoms with Crippen LogP contribution in [0.3, 0.4) is 0 Å². The van der Waals surface area contributed by atoms with Crippen LogP contribution < -0.4 is 5.32 Å². The summed E-state index contributed by atoms with van der Waals surface area (Å²) in [5.41, 5.74) is 1.03. The molecule has 14 heavy (non-hydrogen) atoms. The Balaban J connectivity index is 3.63. The Morgan fingerprint density at radius 3 is 2.29 bits per heavy atom. The maximum Gasteiger partial charge on any atom is 0.243 e. The fourth-order valence-electron chi connectivity index (χ4n) is 1.19. The normalized spacial score (nSPS) is 10.1. The van der Waals surface area contributed by atoms with E-state index in [9.17, 15) is 4.79 Å². The molecule has 0 saturated carbocycles. The largest absolute Gasteiger partial charge is 0.351 e. The van der Waals surface area contributed by atoms with Crippen molar-refractivity contribution in [3.8, 4) is 0 Å². The van der Waals surface area contributed by atoms with E-state index in [4.69, 9.17) is 0 Å². The molecule has 0 radical (unpaired) electrons. The molecule has 1 amide bonds. The van der Waals surface area contributed by atoms with Gasteiger partial charge in [-0.2, -0.15) is 0 Å². The van der Waals surface area contributed by atoms with Crippen LogP contribution in [0, 0.1) is 0 Å². The van der Waals surface area contributed by atoms with Gasteiger partial charge in [0, 0.05) is 19.2 Å². The van der Waals surface area contributed by atoms with E-state index >= 15 is 0 Å². The lowest BCUT2D eigenvalue weighted by Gasteiger charge is -2.17. The van der Waals surface area contributed by atoms with Gasteiger partial charge in [0.15, 0.2) is 0 Å². The summed E-state index contributed by atoms with van der Waals surface area (Å²) in [6.45, 7) is 11.8. The lowest BCUT2D eigenvalue weighted by molar-refractivity contribution is -0.116. The highest BCUT2D eigenvalue weighted by Gasteiger charge is 1.99. The second-order valence-electron chi connectivity index (χ2n) is 3.54. The molecule has 0 aliphatic carbocycles. The van der Waals surface area contributed by atoms with Crippen molar-refractivity contribution < 1.29 is 4.79 Å². The number of hydrogen-bond donors (Lipinski definition) is 1. The van der Waals surface area contributed by atoms with Crippen molar-refractivity contribution in [2.75, 3.05) is 26.2 Å². The molecule has 0 aromatic rings. The number of carbonyl (C=O) groups excluding carboxylic acids is 1. The Labute approximate surface area is 87.2 Å². The molecule has 0 aromatic heterocycles. The molecule has 0 spiro atoms. The molecule has 0 atom stereocenters. The van der Waals surface area contributed by atoms with E-state index in [1.54, 1.807) is 6.08 Å². The van der Waals surface area contributed by atoms with Gasteiger partial charge in [0.2, 0.25) is 5.91 Å². The Morgan fingerprint density at radius 2 is 1.86 bits per heavy atom. The van der Waals surface area contributed by atoms with Gasteiger partial charge in [-0.1, -0.05) is 19.4 Å². The van der Waals surface area contributed by atoms with E-state index in [1.165, 1.54) is 0 Å². The molecule has 0 rings (SSSR count). The Bertz CT molecular complexity index is 191. The quantitative estimate of drug-likeness (QED) is 0.654. The first-order chi connectivity index (χ1) is 6.60. The van der Waals surface area contributed by atoms with Crippen LogP contribution >= 0.6 is 0 Å². The standard InChI is InChI=1S/C11H22N2O/c1-5-13(6-2)8-7-12-11(14)9-10(3)4/h9H,5-8H2,1-4H3,(H,12,14). The maximum absolute atomic E-state index is 11.2. The highest BCUT2D eigenvalue weighted by Crippen LogP contribution is 1.88. The Morgan fingerprint density at radius 1 is 1.29 bits per heavy atom. The topological polar surface area (TPSA) is 32.3 Å². The molecular weight excluding hydrogens is 176 g/mol. The molecule has 3 nitrogen and oxygen atoms in total. The summed E-state index contributed by atoms with van der Waals surface area (Å²) in [5, 5.41) is 2.86. The third-order valence-electron chi connectivity index (χ3n) is 2.04. The zero-order valence-electron chi connectivity index (χ0n) is 9.76. The van der Waals surface area contributed by atoms with Crippen LogP contribution in [-0.2, 0) is 4.79 Å². The molecule has 0 aliphatic rings. The van der Waals surface area contributed by atoms with Gasteiger partial charge in [-0.15, -0.1) is 0 Å². The van der Waals surface area contributed by atoms with Crippen molar-refractivity contribution in [1.29, 1.82) is 0 Å². The van der Waals surface area contributed by atoms with Crippen LogP contribution in [0.5, 0.6) is 0 Å². The van der Waals surface area contributed by atoms with Crippen LogP contribution in [0.1, 0.15) is 27.7 Å². The van der Waals surface area contributed by atoms with Gasteiger partial charge in [0.05, 0.1) is 0 Å². The number of nitrogens with zero attached hydrogens (tertiary/aromatic N) is 1. The second-order valence-corrected chi connectivity index (χ2v) is 3.54. The van der Waals surface area contributed by atoms with Crippen LogP contribution in [-0.4, -0.2) is 37.0 Å². The summed E-state index contributed by atoms with van der Waals surface area (Å²) in [5.74, 6) is 0.0113. The summed E-state index contributed by atoms with van der Waals surface area (Å²) in [7, 11) is 0. The van der Waals surface area contributed by atoms with Gasteiger partial charge in [-0.3, -0.25) is 4.79 Å². The van der Waals surface area contributed by atoms with E-state index in [1.807, 2.05) is 13.8 Å². The summed E-state index contributed by atoms with van der Waals surface area (Å²) >= 11 is 0. The number of allylic oxidation sites excluding steroid dienone is 1. The second kappa shape index (κ2) is 7.56. The van der Waals surface area contributed by atoms with Gasteiger partial charge in [0.25, 0.3) is 0 Å². The van der Waals surface area contributed by atoms with Gasteiger partial charge in [-0.25, -0.2) is 0 Å². The fourth-order valence-corrected chi connectivity index (χ4v) is 1.19. The minimum absolute atomic E-state index is 0.0113. The van der Waals surface area contributed by atoms with Crippen LogP contribution in [0.25, 0.3) is 0 Å².